The standard InChI is InChI=1S/C14H24FNS/c1-11(2)16-10-13(12(3)15)8-6-7-9-14(4,5)17/h7,9,16-17H,1,6,8,10H2,2-5H3/b9-7-,13-12-. The van der Waals surface area contributed by atoms with Gasteiger partial charge in [0, 0.05) is 17.0 Å². The molecule has 0 aliphatic rings. The molecule has 17 heavy (non-hydrogen) atoms. The highest BCUT2D eigenvalue weighted by Crippen LogP contribution is 2.16. The van der Waals surface area contributed by atoms with E-state index in [0.29, 0.717) is 6.54 Å². The van der Waals surface area contributed by atoms with E-state index in [2.05, 4.69) is 30.6 Å². The molecule has 0 saturated carbocycles. The smallest absolute Gasteiger partial charge is 0.0978 e. The Balaban J connectivity index is 4.18. The van der Waals surface area contributed by atoms with Crippen molar-refractivity contribution >= 4 is 12.6 Å². The summed E-state index contributed by atoms with van der Waals surface area (Å²) in [6, 6.07) is 0. The lowest BCUT2D eigenvalue weighted by Gasteiger charge is -2.11. The molecule has 0 aliphatic heterocycles. The number of thiol groups is 1. The fraction of sp³-hybridized carbons (Fsp3) is 0.571. The topological polar surface area (TPSA) is 12.0 Å². The van der Waals surface area contributed by atoms with Crippen LogP contribution in [0.3, 0.4) is 0 Å². The van der Waals surface area contributed by atoms with E-state index in [-0.39, 0.29) is 10.6 Å². The van der Waals surface area contributed by atoms with Crippen LogP contribution < -0.4 is 5.32 Å². The van der Waals surface area contributed by atoms with Gasteiger partial charge in [0.05, 0.1) is 5.83 Å². The maximum Gasteiger partial charge on any atom is 0.0978 e. The van der Waals surface area contributed by atoms with Crippen LogP contribution in [0.25, 0.3) is 0 Å². The second kappa shape index (κ2) is 7.59. The third kappa shape index (κ3) is 10.2. The number of hydrogen-bond donors (Lipinski definition) is 2. The molecule has 0 unspecified atom stereocenters. The second-order valence-electron chi connectivity index (χ2n) is 4.87. The van der Waals surface area contributed by atoms with Gasteiger partial charge in [-0.3, -0.25) is 0 Å². The Bertz CT molecular complexity index is 307. The minimum atomic E-state index is -0.107. The summed E-state index contributed by atoms with van der Waals surface area (Å²) in [5.41, 5.74) is 1.66. The molecule has 0 aromatic heterocycles. The fourth-order valence-electron chi connectivity index (χ4n) is 1.27. The van der Waals surface area contributed by atoms with Crippen LogP contribution in [0.5, 0.6) is 0 Å². The van der Waals surface area contributed by atoms with Crippen LogP contribution in [0.1, 0.15) is 40.5 Å². The third-order valence-electron chi connectivity index (χ3n) is 2.23. The Morgan fingerprint density at radius 2 is 2.00 bits per heavy atom. The minimum absolute atomic E-state index is 0.0997. The molecular weight excluding hydrogens is 233 g/mol. The van der Waals surface area contributed by atoms with E-state index in [0.717, 1.165) is 24.1 Å². The Hall–Kier alpha value is -0.700. The van der Waals surface area contributed by atoms with Crippen molar-refractivity contribution in [2.45, 2.75) is 45.3 Å². The van der Waals surface area contributed by atoms with Crippen LogP contribution in [0.15, 0.2) is 35.8 Å². The lowest BCUT2D eigenvalue weighted by atomic mass is 10.1. The highest BCUT2D eigenvalue weighted by atomic mass is 32.1. The predicted octanol–water partition coefficient (Wildman–Crippen LogP) is 4.40. The summed E-state index contributed by atoms with van der Waals surface area (Å²) in [5.74, 6) is -0.0997. The van der Waals surface area contributed by atoms with Crippen molar-refractivity contribution < 1.29 is 4.39 Å². The van der Waals surface area contributed by atoms with Gasteiger partial charge in [0.1, 0.15) is 0 Å². The van der Waals surface area contributed by atoms with Crippen LogP contribution in [0, 0.1) is 0 Å². The lowest BCUT2D eigenvalue weighted by Crippen LogP contribution is -2.14. The maximum absolute atomic E-state index is 13.2. The number of hydrogen-bond acceptors (Lipinski definition) is 2. The summed E-state index contributed by atoms with van der Waals surface area (Å²) in [6.45, 7) is 11.7. The summed E-state index contributed by atoms with van der Waals surface area (Å²) in [5, 5.41) is 3.05. The largest absolute Gasteiger partial charge is 0.385 e. The van der Waals surface area contributed by atoms with Gasteiger partial charge in [0.15, 0.2) is 0 Å². The van der Waals surface area contributed by atoms with Gasteiger partial charge in [-0.25, -0.2) is 4.39 Å². The van der Waals surface area contributed by atoms with Crippen molar-refractivity contribution in [2.24, 2.45) is 0 Å². The van der Waals surface area contributed by atoms with Crippen molar-refractivity contribution in [1.82, 2.24) is 5.32 Å². The van der Waals surface area contributed by atoms with Crippen molar-refractivity contribution in [2.75, 3.05) is 6.54 Å². The third-order valence-corrected chi connectivity index (χ3v) is 2.38. The van der Waals surface area contributed by atoms with E-state index in [9.17, 15) is 4.39 Å². The fourth-order valence-corrected chi connectivity index (χ4v) is 1.37. The quantitative estimate of drug-likeness (QED) is 0.509. The van der Waals surface area contributed by atoms with Gasteiger partial charge >= 0.3 is 0 Å². The summed E-state index contributed by atoms with van der Waals surface area (Å²) in [4.78, 5) is 0. The summed E-state index contributed by atoms with van der Waals surface area (Å²) in [6.07, 6.45) is 5.64. The molecule has 0 bridgehead atoms. The zero-order valence-corrected chi connectivity index (χ0v) is 12.2. The van der Waals surface area contributed by atoms with Crippen LogP contribution in [-0.4, -0.2) is 11.3 Å². The Morgan fingerprint density at radius 3 is 2.41 bits per heavy atom. The van der Waals surface area contributed by atoms with E-state index >= 15 is 0 Å². The monoisotopic (exact) mass is 257 g/mol. The molecule has 0 aliphatic carbocycles. The first-order valence-corrected chi connectivity index (χ1v) is 6.30. The molecule has 1 nitrogen and oxygen atoms in total. The van der Waals surface area contributed by atoms with Gasteiger partial charge in [0.25, 0.3) is 0 Å². The Labute approximate surface area is 110 Å². The number of allylic oxidation sites excluding steroid dienone is 3. The molecule has 0 atom stereocenters. The van der Waals surface area contributed by atoms with Gasteiger partial charge in [0.2, 0.25) is 0 Å². The molecule has 0 saturated heterocycles. The first kappa shape index (κ1) is 16.3. The van der Waals surface area contributed by atoms with Crippen LogP contribution >= 0.6 is 12.6 Å². The molecule has 0 fully saturated rings. The molecule has 3 heteroatoms. The zero-order valence-electron chi connectivity index (χ0n) is 11.3. The SMILES string of the molecule is C=C(C)NC/C(CC/C=C\C(C)(C)S)=C(/C)F. The Morgan fingerprint density at radius 1 is 1.41 bits per heavy atom. The van der Waals surface area contributed by atoms with Gasteiger partial charge in [-0.15, -0.1) is 0 Å². The molecule has 0 rings (SSSR count). The molecule has 0 aromatic rings. The molecule has 0 aromatic carbocycles. The highest BCUT2D eigenvalue weighted by Gasteiger charge is 2.05. The number of rotatable bonds is 7. The molecular formula is C14H24FNS. The molecule has 0 amide bonds. The van der Waals surface area contributed by atoms with E-state index in [4.69, 9.17) is 0 Å². The first-order chi connectivity index (χ1) is 7.72. The van der Waals surface area contributed by atoms with Gasteiger partial charge < -0.3 is 5.32 Å². The first-order valence-electron chi connectivity index (χ1n) is 5.86. The molecule has 1 N–H and O–H groups in total. The van der Waals surface area contributed by atoms with E-state index < -0.39 is 0 Å². The van der Waals surface area contributed by atoms with Crippen molar-refractivity contribution in [3.63, 3.8) is 0 Å². The van der Waals surface area contributed by atoms with Crippen LogP contribution in [0.2, 0.25) is 0 Å². The minimum Gasteiger partial charge on any atom is -0.385 e. The van der Waals surface area contributed by atoms with Crippen molar-refractivity contribution in [3.05, 3.63) is 35.8 Å². The maximum atomic E-state index is 13.2. The van der Waals surface area contributed by atoms with E-state index in [1.165, 1.54) is 6.92 Å². The van der Waals surface area contributed by atoms with Crippen molar-refractivity contribution in [1.29, 1.82) is 0 Å². The van der Waals surface area contributed by atoms with Gasteiger partial charge in [-0.1, -0.05) is 18.7 Å². The number of nitrogens with one attached hydrogen (secondary N) is 1. The molecule has 0 spiro atoms. The highest BCUT2D eigenvalue weighted by molar-refractivity contribution is 7.82. The molecule has 0 heterocycles. The van der Waals surface area contributed by atoms with Gasteiger partial charge in [-0.2, -0.15) is 12.6 Å². The normalized spacial score (nSPS) is 13.8. The van der Waals surface area contributed by atoms with Crippen LogP contribution in [0.4, 0.5) is 4.39 Å². The summed E-state index contributed by atoms with van der Waals surface area (Å²) in [7, 11) is 0. The second-order valence-corrected chi connectivity index (χ2v) is 6.02. The van der Waals surface area contributed by atoms with E-state index in [1.54, 1.807) is 0 Å². The van der Waals surface area contributed by atoms with E-state index in [1.807, 2.05) is 26.8 Å². The summed E-state index contributed by atoms with van der Waals surface area (Å²) >= 11 is 4.39. The number of halogens is 1. The summed E-state index contributed by atoms with van der Waals surface area (Å²) < 4.78 is 13.1. The average molecular weight is 257 g/mol. The predicted molar refractivity (Wildman–Crippen MR) is 78.1 cm³/mol. The average Bonchev–Trinajstić information content (AvgIpc) is 2.13. The zero-order chi connectivity index (χ0) is 13.5. The molecule has 98 valence electrons. The molecule has 0 radical (unpaired) electrons. The lowest BCUT2D eigenvalue weighted by molar-refractivity contribution is 0.607. The van der Waals surface area contributed by atoms with Crippen LogP contribution in [-0.2, 0) is 0 Å². The Kier molecular flexibility index (Phi) is 7.28. The van der Waals surface area contributed by atoms with Gasteiger partial charge in [-0.05, 0) is 46.1 Å². The van der Waals surface area contributed by atoms with Crippen molar-refractivity contribution in [3.8, 4) is 0 Å².